The average Bonchev–Trinajstić information content (AvgIpc) is 3.52. The molecule has 0 spiro atoms. The normalized spacial score (nSPS) is 20.6. The lowest BCUT2D eigenvalue weighted by Gasteiger charge is -2.37. The fraction of sp³-hybridized carbons (Fsp3) is 0.364. The van der Waals surface area contributed by atoms with E-state index in [1.165, 1.54) is 6.92 Å². The summed E-state index contributed by atoms with van der Waals surface area (Å²) in [6.07, 6.45) is 1.73. The molecule has 1 fully saturated rings. The second kappa shape index (κ2) is 7.21. The van der Waals surface area contributed by atoms with E-state index in [4.69, 9.17) is 5.14 Å². The fourth-order valence-electron chi connectivity index (χ4n) is 4.31. The summed E-state index contributed by atoms with van der Waals surface area (Å²) < 4.78 is 23.8. The van der Waals surface area contributed by atoms with Gasteiger partial charge in [-0.1, -0.05) is 36.4 Å². The molecule has 1 heterocycles. The Morgan fingerprint density at radius 2 is 1.77 bits per heavy atom. The van der Waals surface area contributed by atoms with Crippen LogP contribution >= 0.6 is 0 Å². The number of Topliss-reactive ketones (excluding diaryl/α,β-unsaturated/α-hetero) is 1. The van der Waals surface area contributed by atoms with Crippen LogP contribution in [0.2, 0.25) is 0 Å². The second-order valence-electron chi connectivity index (χ2n) is 8.15. The predicted molar refractivity (Wildman–Crippen MR) is 116 cm³/mol. The summed E-state index contributed by atoms with van der Waals surface area (Å²) in [5.74, 6) is -0.560. The van der Waals surface area contributed by atoms with E-state index in [9.17, 15) is 18.0 Å². The summed E-state index contributed by atoms with van der Waals surface area (Å²) in [7, 11) is -4.38. The molecule has 1 aliphatic heterocycles. The number of sulfonamides is 1. The number of amides is 1. The van der Waals surface area contributed by atoms with Gasteiger partial charge in [0.2, 0.25) is 15.9 Å². The maximum Gasteiger partial charge on any atom is 0.230 e. The van der Waals surface area contributed by atoms with Crippen LogP contribution in [-0.2, 0) is 24.4 Å². The Kier molecular flexibility index (Phi) is 4.94. The maximum absolute atomic E-state index is 12.9. The van der Waals surface area contributed by atoms with Crippen molar-refractivity contribution >= 4 is 33.1 Å². The van der Waals surface area contributed by atoms with E-state index in [1.807, 2.05) is 6.92 Å². The first-order chi connectivity index (χ1) is 14.2. The first-order valence-electron chi connectivity index (χ1n) is 9.97. The molecule has 4 rings (SSSR count). The van der Waals surface area contributed by atoms with Crippen molar-refractivity contribution in [2.75, 3.05) is 16.8 Å². The van der Waals surface area contributed by atoms with Crippen molar-refractivity contribution in [1.29, 1.82) is 0 Å². The zero-order valence-corrected chi connectivity index (χ0v) is 17.8. The number of carbonyl (C=O) groups excluding carboxylic acids is 2. The van der Waals surface area contributed by atoms with E-state index in [0.29, 0.717) is 12.2 Å². The number of hydrogen-bond donors (Lipinski definition) is 2. The monoisotopic (exact) mass is 427 g/mol. The standard InChI is InChI=1S/C22H25N3O4S/c1-14-13-25(21(27)16-8-9-16)20-12-18(10-11-19(20)24-14)22(15(2)26,30(23,28)29)17-6-4-3-5-7-17/h3-7,10-12,14,16,24H,8-9,13H2,1-2H3,(H2,23,28,29). The molecule has 0 radical (unpaired) electrons. The Balaban J connectivity index is 1.95. The molecule has 2 aromatic rings. The van der Waals surface area contributed by atoms with Crippen LogP contribution in [0.15, 0.2) is 48.5 Å². The van der Waals surface area contributed by atoms with Crippen molar-refractivity contribution < 1.29 is 18.0 Å². The van der Waals surface area contributed by atoms with Crippen LogP contribution in [0.5, 0.6) is 0 Å². The van der Waals surface area contributed by atoms with Gasteiger partial charge in [0, 0.05) is 18.5 Å². The van der Waals surface area contributed by atoms with Crippen LogP contribution in [0.4, 0.5) is 11.4 Å². The Hall–Kier alpha value is -2.71. The van der Waals surface area contributed by atoms with Gasteiger partial charge in [0.1, 0.15) is 0 Å². The quantitative estimate of drug-likeness (QED) is 0.761. The summed E-state index contributed by atoms with van der Waals surface area (Å²) >= 11 is 0. The number of carbonyl (C=O) groups is 2. The minimum absolute atomic E-state index is 0.0109. The first-order valence-corrected chi connectivity index (χ1v) is 11.5. The number of anilines is 2. The molecular weight excluding hydrogens is 402 g/mol. The van der Waals surface area contributed by atoms with E-state index >= 15 is 0 Å². The molecule has 0 saturated heterocycles. The minimum Gasteiger partial charge on any atom is -0.379 e. The summed E-state index contributed by atoms with van der Waals surface area (Å²) in [6.45, 7) is 3.68. The van der Waals surface area contributed by atoms with Gasteiger partial charge in [0.15, 0.2) is 10.5 Å². The zero-order chi connectivity index (χ0) is 21.7. The molecular formula is C22H25N3O4S. The number of fused-ring (bicyclic) bond motifs is 1. The summed E-state index contributed by atoms with van der Waals surface area (Å²) in [5, 5.41) is 9.02. The SMILES string of the molecule is CC(=O)C(c1ccccc1)(c1ccc2c(c1)N(C(=O)C1CC1)CC(C)N2)S(N)(=O)=O. The molecule has 8 heteroatoms. The third-order valence-electron chi connectivity index (χ3n) is 5.85. The topological polar surface area (TPSA) is 110 Å². The van der Waals surface area contributed by atoms with Crippen LogP contribution in [0, 0.1) is 5.92 Å². The molecule has 1 aliphatic carbocycles. The van der Waals surface area contributed by atoms with Crippen LogP contribution < -0.4 is 15.4 Å². The molecule has 0 bridgehead atoms. The van der Waals surface area contributed by atoms with Crippen LogP contribution in [0.3, 0.4) is 0 Å². The summed E-state index contributed by atoms with van der Waals surface area (Å²) in [4.78, 5) is 27.5. The molecule has 2 aromatic carbocycles. The van der Waals surface area contributed by atoms with Gasteiger partial charge in [0.25, 0.3) is 0 Å². The van der Waals surface area contributed by atoms with Gasteiger partial charge in [-0.15, -0.1) is 0 Å². The van der Waals surface area contributed by atoms with Crippen molar-refractivity contribution in [3.8, 4) is 0 Å². The van der Waals surface area contributed by atoms with Gasteiger partial charge >= 0.3 is 0 Å². The smallest absolute Gasteiger partial charge is 0.230 e. The zero-order valence-electron chi connectivity index (χ0n) is 17.0. The molecule has 2 aliphatic rings. The Bertz CT molecular complexity index is 1110. The molecule has 3 N–H and O–H groups in total. The highest BCUT2D eigenvalue weighted by Crippen LogP contribution is 2.43. The molecule has 2 atom stereocenters. The molecule has 1 amide bonds. The highest BCUT2D eigenvalue weighted by Gasteiger charge is 2.50. The molecule has 0 aromatic heterocycles. The Labute approximate surface area is 176 Å². The van der Waals surface area contributed by atoms with Crippen LogP contribution in [0.25, 0.3) is 0 Å². The number of hydrogen-bond acceptors (Lipinski definition) is 5. The van der Waals surface area contributed by atoms with E-state index in [-0.39, 0.29) is 29.0 Å². The van der Waals surface area contributed by atoms with Crippen molar-refractivity contribution in [3.63, 3.8) is 0 Å². The van der Waals surface area contributed by atoms with E-state index in [0.717, 1.165) is 18.5 Å². The Morgan fingerprint density at radius 3 is 2.33 bits per heavy atom. The largest absolute Gasteiger partial charge is 0.379 e. The lowest BCUT2D eigenvalue weighted by molar-refractivity contribution is -0.120. The number of benzene rings is 2. The van der Waals surface area contributed by atoms with Crippen molar-refractivity contribution in [3.05, 3.63) is 59.7 Å². The highest BCUT2D eigenvalue weighted by atomic mass is 32.2. The van der Waals surface area contributed by atoms with Crippen molar-refractivity contribution in [2.45, 2.75) is 37.5 Å². The lowest BCUT2D eigenvalue weighted by Crippen LogP contribution is -2.48. The molecule has 2 unspecified atom stereocenters. The van der Waals surface area contributed by atoms with Gasteiger partial charge in [-0.25, -0.2) is 13.6 Å². The minimum atomic E-state index is -4.38. The first kappa shape index (κ1) is 20.6. The second-order valence-corrected chi connectivity index (χ2v) is 9.85. The predicted octanol–water partition coefficient (Wildman–Crippen LogP) is 2.36. The highest BCUT2D eigenvalue weighted by molar-refractivity contribution is 7.91. The third kappa shape index (κ3) is 3.20. The number of nitrogens with one attached hydrogen (secondary N) is 1. The maximum atomic E-state index is 12.9. The fourth-order valence-corrected chi connectivity index (χ4v) is 5.63. The molecule has 1 saturated carbocycles. The van der Waals surface area contributed by atoms with Gasteiger partial charge in [0.05, 0.1) is 11.4 Å². The van der Waals surface area contributed by atoms with E-state index in [2.05, 4.69) is 5.32 Å². The Morgan fingerprint density at radius 1 is 1.10 bits per heavy atom. The molecule has 30 heavy (non-hydrogen) atoms. The van der Waals surface area contributed by atoms with Gasteiger partial charge < -0.3 is 10.2 Å². The number of rotatable bonds is 5. The van der Waals surface area contributed by atoms with Crippen LogP contribution in [0.1, 0.15) is 37.8 Å². The third-order valence-corrected chi connectivity index (χ3v) is 7.46. The van der Waals surface area contributed by atoms with Crippen LogP contribution in [-0.4, -0.2) is 32.7 Å². The van der Waals surface area contributed by atoms with Gasteiger partial charge in [-0.3, -0.25) is 9.59 Å². The average molecular weight is 428 g/mol. The van der Waals surface area contributed by atoms with Gasteiger partial charge in [-0.05, 0) is 49.9 Å². The number of primary sulfonamides is 1. The van der Waals surface area contributed by atoms with E-state index < -0.39 is 20.6 Å². The lowest BCUT2D eigenvalue weighted by atomic mass is 9.86. The van der Waals surface area contributed by atoms with Crippen molar-refractivity contribution in [1.82, 2.24) is 0 Å². The van der Waals surface area contributed by atoms with Crippen molar-refractivity contribution in [2.24, 2.45) is 11.1 Å². The number of ketones is 1. The summed E-state index contributed by atoms with van der Waals surface area (Å²) in [6, 6.07) is 13.2. The van der Waals surface area contributed by atoms with E-state index in [1.54, 1.807) is 53.4 Å². The summed E-state index contributed by atoms with van der Waals surface area (Å²) in [5.41, 5.74) is 1.81. The molecule has 7 nitrogen and oxygen atoms in total. The number of nitrogens with zero attached hydrogens (tertiary/aromatic N) is 1. The number of nitrogens with two attached hydrogens (primary N) is 1. The van der Waals surface area contributed by atoms with Gasteiger partial charge in [-0.2, -0.15) is 0 Å². The molecule has 158 valence electrons.